The second-order valence-corrected chi connectivity index (χ2v) is 7.37. The number of hydrogen-bond acceptors (Lipinski definition) is 2. The van der Waals surface area contributed by atoms with E-state index in [1.807, 2.05) is 32.0 Å². The fourth-order valence-corrected chi connectivity index (χ4v) is 2.20. The van der Waals surface area contributed by atoms with E-state index in [0.717, 1.165) is 16.8 Å². The van der Waals surface area contributed by atoms with Gasteiger partial charge in [0.1, 0.15) is 6.17 Å². The molecule has 0 aliphatic rings. The lowest BCUT2D eigenvalue weighted by Gasteiger charge is -2.27. The highest BCUT2D eigenvalue weighted by Crippen LogP contribution is 2.29. The molecule has 0 bridgehead atoms. The maximum Gasteiger partial charge on any atom is 0.228 e. The molecule has 1 atom stereocenters. The Morgan fingerprint density at radius 1 is 1.24 bits per heavy atom. The molecular formula is C13H16Cl3N3OS. The smallest absolute Gasteiger partial charge is 0.228 e. The topological polar surface area (TPSA) is 53.2 Å². The third kappa shape index (κ3) is 6.26. The molecule has 3 N–H and O–H groups in total. The van der Waals surface area contributed by atoms with E-state index in [4.69, 9.17) is 47.0 Å². The van der Waals surface area contributed by atoms with E-state index in [-0.39, 0.29) is 11.0 Å². The highest BCUT2D eigenvalue weighted by Gasteiger charge is 2.34. The van der Waals surface area contributed by atoms with Crippen molar-refractivity contribution in [2.24, 2.45) is 0 Å². The highest BCUT2D eigenvalue weighted by atomic mass is 35.6. The summed E-state index contributed by atoms with van der Waals surface area (Å²) in [5.74, 6) is -0.340. The van der Waals surface area contributed by atoms with Gasteiger partial charge in [-0.25, -0.2) is 0 Å². The Labute approximate surface area is 144 Å². The van der Waals surface area contributed by atoms with E-state index in [1.165, 1.54) is 6.92 Å². The van der Waals surface area contributed by atoms with Crippen molar-refractivity contribution in [3.63, 3.8) is 0 Å². The van der Waals surface area contributed by atoms with Crippen LogP contribution < -0.4 is 16.0 Å². The molecule has 4 nitrogen and oxygen atoms in total. The normalized spacial score (nSPS) is 12.5. The molecule has 1 aromatic rings. The Bertz CT molecular complexity index is 546. The van der Waals surface area contributed by atoms with Crippen LogP contribution in [0.15, 0.2) is 18.2 Å². The molecule has 1 amide bonds. The number of halogens is 3. The Balaban J connectivity index is 2.76. The largest absolute Gasteiger partial charge is 0.339 e. The first-order valence-electron chi connectivity index (χ1n) is 6.08. The summed E-state index contributed by atoms with van der Waals surface area (Å²) in [6.07, 6.45) is -0.939. The third-order valence-electron chi connectivity index (χ3n) is 2.58. The number of carbonyl (C=O) groups is 1. The van der Waals surface area contributed by atoms with Gasteiger partial charge in [0.15, 0.2) is 5.11 Å². The molecule has 0 heterocycles. The zero-order valence-corrected chi connectivity index (χ0v) is 14.8. The third-order valence-corrected chi connectivity index (χ3v) is 3.46. The fourth-order valence-electron chi connectivity index (χ4n) is 1.65. The first-order valence-corrected chi connectivity index (χ1v) is 7.62. The lowest BCUT2D eigenvalue weighted by atomic mass is 10.1. The predicted octanol–water partition coefficient (Wildman–Crippen LogP) is 3.42. The zero-order valence-electron chi connectivity index (χ0n) is 11.8. The monoisotopic (exact) mass is 367 g/mol. The van der Waals surface area contributed by atoms with Crippen molar-refractivity contribution in [2.75, 3.05) is 5.32 Å². The van der Waals surface area contributed by atoms with Gasteiger partial charge in [0.25, 0.3) is 0 Å². The van der Waals surface area contributed by atoms with Gasteiger partial charge in [-0.05, 0) is 37.7 Å². The van der Waals surface area contributed by atoms with E-state index in [1.54, 1.807) is 0 Å². The maximum absolute atomic E-state index is 11.1. The quantitative estimate of drug-likeness (QED) is 0.435. The number of amides is 1. The number of aryl methyl sites for hydroxylation is 2. The average Bonchev–Trinajstić information content (AvgIpc) is 2.30. The molecule has 1 aromatic carbocycles. The molecule has 0 aliphatic heterocycles. The summed E-state index contributed by atoms with van der Waals surface area (Å²) in [6.45, 7) is 5.28. The van der Waals surface area contributed by atoms with Crippen LogP contribution >= 0.6 is 47.0 Å². The van der Waals surface area contributed by atoms with Crippen molar-refractivity contribution < 1.29 is 4.79 Å². The molecule has 0 unspecified atom stereocenters. The van der Waals surface area contributed by atoms with Crippen LogP contribution in [0, 0.1) is 13.8 Å². The minimum Gasteiger partial charge on any atom is -0.339 e. The Kier molecular flexibility index (Phi) is 6.53. The van der Waals surface area contributed by atoms with Crippen LogP contribution in [0.1, 0.15) is 18.1 Å². The van der Waals surface area contributed by atoms with Gasteiger partial charge in [0, 0.05) is 12.6 Å². The van der Waals surface area contributed by atoms with Crippen LogP contribution in [0.2, 0.25) is 0 Å². The second kappa shape index (κ2) is 7.49. The van der Waals surface area contributed by atoms with E-state index >= 15 is 0 Å². The Morgan fingerprint density at radius 3 is 2.33 bits per heavy atom. The van der Waals surface area contributed by atoms with Gasteiger partial charge in [-0.3, -0.25) is 4.79 Å². The molecule has 0 aromatic heterocycles. The molecule has 0 radical (unpaired) electrons. The van der Waals surface area contributed by atoms with Gasteiger partial charge in [0.05, 0.1) is 0 Å². The van der Waals surface area contributed by atoms with E-state index in [2.05, 4.69) is 16.0 Å². The summed E-state index contributed by atoms with van der Waals surface area (Å²) in [7, 11) is 0. The number of alkyl halides is 3. The van der Waals surface area contributed by atoms with Crippen LogP contribution in [-0.2, 0) is 4.79 Å². The maximum atomic E-state index is 11.1. The molecule has 0 saturated heterocycles. The number of benzene rings is 1. The van der Waals surface area contributed by atoms with Gasteiger partial charge in [-0.15, -0.1) is 0 Å². The fraction of sp³-hybridized carbons (Fsp3) is 0.385. The van der Waals surface area contributed by atoms with Gasteiger partial charge in [-0.1, -0.05) is 52.5 Å². The predicted molar refractivity (Wildman–Crippen MR) is 93.2 cm³/mol. The minimum absolute atomic E-state index is 0.243. The van der Waals surface area contributed by atoms with Gasteiger partial charge < -0.3 is 16.0 Å². The van der Waals surface area contributed by atoms with Crippen LogP contribution in [-0.4, -0.2) is 21.0 Å². The van der Waals surface area contributed by atoms with Gasteiger partial charge in [-0.2, -0.15) is 0 Å². The number of hydrogen-bond donors (Lipinski definition) is 3. The van der Waals surface area contributed by atoms with Crippen molar-refractivity contribution in [1.29, 1.82) is 0 Å². The van der Waals surface area contributed by atoms with E-state index < -0.39 is 9.96 Å². The van der Waals surface area contributed by atoms with Crippen molar-refractivity contribution in [3.05, 3.63) is 29.3 Å². The number of carbonyl (C=O) groups excluding carboxylic acids is 1. The van der Waals surface area contributed by atoms with Crippen molar-refractivity contribution in [1.82, 2.24) is 10.6 Å². The molecular weight excluding hydrogens is 353 g/mol. The van der Waals surface area contributed by atoms with Crippen LogP contribution in [0.3, 0.4) is 0 Å². The van der Waals surface area contributed by atoms with Gasteiger partial charge >= 0.3 is 0 Å². The van der Waals surface area contributed by atoms with E-state index in [0.29, 0.717) is 0 Å². The lowest BCUT2D eigenvalue weighted by Crippen LogP contribution is -2.55. The minimum atomic E-state index is -1.74. The standard InChI is InChI=1S/C13H16Cl3N3OS/c1-7-4-5-10(8(2)6-7)18-12(21)19-11(13(14,15)16)17-9(3)20/h4-6,11H,1-3H3,(H,17,20)(H2,18,19,21)/t11-/m0/s1. The van der Waals surface area contributed by atoms with E-state index in [9.17, 15) is 4.79 Å². The first-order chi connectivity index (χ1) is 9.59. The highest BCUT2D eigenvalue weighted by molar-refractivity contribution is 7.80. The average molecular weight is 369 g/mol. The summed E-state index contributed by atoms with van der Waals surface area (Å²) in [5, 5.41) is 8.51. The number of rotatable bonds is 3. The zero-order chi connectivity index (χ0) is 16.2. The van der Waals surface area contributed by atoms with Crippen LogP contribution in [0.4, 0.5) is 5.69 Å². The lowest BCUT2D eigenvalue weighted by molar-refractivity contribution is -0.119. The Morgan fingerprint density at radius 2 is 1.86 bits per heavy atom. The Hall–Kier alpha value is -0.750. The summed E-state index contributed by atoms with van der Waals surface area (Å²) in [6, 6.07) is 5.88. The second-order valence-electron chi connectivity index (χ2n) is 4.59. The summed E-state index contributed by atoms with van der Waals surface area (Å²) < 4.78 is -1.74. The molecule has 21 heavy (non-hydrogen) atoms. The van der Waals surface area contributed by atoms with Crippen LogP contribution in [0.5, 0.6) is 0 Å². The first kappa shape index (κ1) is 18.3. The summed E-state index contributed by atoms with van der Waals surface area (Å²) in [4.78, 5) is 11.1. The molecule has 1 rings (SSSR count). The van der Waals surface area contributed by atoms with Gasteiger partial charge in [0.2, 0.25) is 9.70 Å². The van der Waals surface area contributed by atoms with Crippen molar-refractivity contribution >= 4 is 63.7 Å². The number of nitrogens with one attached hydrogen (secondary N) is 3. The number of anilines is 1. The molecule has 8 heteroatoms. The van der Waals surface area contributed by atoms with Crippen LogP contribution in [0.25, 0.3) is 0 Å². The SMILES string of the molecule is CC(=O)N[C@@H](NC(=S)Nc1ccc(C)cc1C)C(Cl)(Cl)Cl. The number of thiocarbonyl (C=S) groups is 1. The molecule has 0 spiro atoms. The summed E-state index contributed by atoms with van der Waals surface area (Å²) >= 11 is 22.6. The molecule has 0 saturated carbocycles. The molecule has 0 fully saturated rings. The molecule has 0 aliphatic carbocycles. The van der Waals surface area contributed by atoms with Crippen molar-refractivity contribution in [3.8, 4) is 0 Å². The molecule has 116 valence electrons. The summed E-state index contributed by atoms with van der Waals surface area (Å²) in [5.41, 5.74) is 3.02. The van der Waals surface area contributed by atoms with Crippen molar-refractivity contribution in [2.45, 2.75) is 30.7 Å².